The van der Waals surface area contributed by atoms with Gasteiger partial charge in [0.2, 0.25) is 0 Å². The normalized spacial score (nSPS) is 13.7. The molecule has 1 aromatic rings. The summed E-state index contributed by atoms with van der Waals surface area (Å²) in [6.07, 6.45) is -0.832. The molecule has 0 atom stereocenters. The van der Waals surface area contributed by atoms with Crippen molar-refractivity contribution in [3.8, 4) is 0 Å². The van der Waals surface area contributed by atoms with Gasteiger partial charge in [-0.15, -0.1) is 0 Å². The van der Waals surface area contributed by atoms with Gasteiger partial charge in [0.05, 0.1) is 0 Å². The highest BCUT2D eigenvalue weighted by molar-refractivity contribution is 7.72. The molecule has 0 radical (unpaired) electrons. The Morgan fingerprint density at radius 2 is 1.39 bits per heavy atom. The van der Waals surface area contributed by atoms with Crippen LogP contribution in [0, 0.1) is 6.92 Å². The van der Waals surface area contributed by atoms with Gasteiger partial charge in [-0.2, -0.15) is 0 Å². The third-order valence-electron chi connectivity index (χ3n) is 2.49. The lowest BCUT2D eigenvalue weighted by Crippen LogP contribution is -2.31. The van der Waals surface area contributed by atoms with Gasteiger partial charge in [0.25, 0.3) is 5.08 Å². The van der Waals surface area contributed by atoms with E-state index >= 15 is 0 Å². The number of aryl methyl sites for hydroxylation is 1. The summed E-state index contributed by atoms with van der Waals surface area (Å²) in [5.74, 6) is 0. The van der Waals surface area contributed by atoms with Crippen molar-refractivity contribution in [2.75, 3.05) is 0 Å². The third-order valence-corrected chi connectivity index (χ3v) is 6.24. The lowest BCUT2D eigenvalue weighted by atomic mass is 10.1. The second-order valence-corrected chi connectivity index (χ2v) is 8.03. The van der Waals surface area contributed by atoms with E-state index in [1.54, 1.807) is 19.1 Å². The summed E-state index contributed by atoms with van der Waals surface area (Å²) in [4.78, 5) is 35.8. The van der Waals surface area contributed by atoms with Crippen molar-refractivity contribution in [2.24, 2.45) is 0 Å². The minimum atomic E-state index is -5.39. The molecule has 0 bridgehead atoms. The maximum atomic E-state index is 11.1. The Hall–Kier alpha value is -0.520. The molecule has 0 spiro atoms. The number of hydrogen-bond acceptors (Lipinski definition) is 3. The van der Waals surface area contributed by atoms with E-state index in [9.17, 15) is 14.2 Å². The molecule has 102 valence electrons. The van der Waals surface area contributed by atoms with E-state index in [1.807, 2.05) is 0 Å². The van der Waals surface area contributed by atoms with Crippen molar-refractivity contribution >= 4 is 15.2 Å². The highest BCUT2D eigenvalue weighted by Crippen LogP contribution is 2.68. The molecule has 0 aliphatic heterocycles. The lowest BCUT2D eigenvalue weighted by Gasteiger charge is -2.29. The average Bonchev–Trinajstić information content (AvgIpc) is 2.18. The van der Waals surface area contributed by atoms with Gasteiger partial charge in [-0.05, 0) is 12.5 Å². The first kappa shape index (κ1) is 15.5. The molecular weight excluding hydrogens is 282 g/mol. The summed E-state index contributed by atoms with van der Waals surface area (Å²) in [5.41, 5.74) is 1.09. The predicted octanol–water partition coefficient (Wildman–Crippen LogP) is 0.539. The van der Waals surface area contributed by atoms with E-state index in [2.05, 4.69) is 0 Å². The van der Waals surface area contributed by atoms with Gasteiger partial charge < -0.3 is 24.7 Å². The van der Waals surface area contributed by atoms with Crippen LogP contribution in [0.1, 0.15) is 11.1 Å². The van der Waals surface area contributed by atoms with Gasteiger partial charge in [-0.25, -0.2) is 0 Å². The average molecular weight is 296 g/mol. The number of rotatable bonds is 4. The van der Waals surface area contributed by atoms with E-state index in [4.69, 9.17) is 19.6 Å². The van der Waals surface area contributed by atoms with E-state index in [0.717, 1.165) is 5.56 Å². The Kier molecular flexibility index (Phi) is 4.20. The molecule has 1 aromatic carbocycles. The molecule has 0 unspecified atom stereocenters. The molecule has 0 amide bonds. The number of hydrogen-bond donors (Lipinski definition) is 5. The molecule has 5 N–H and O–H groups in total. The molecule has 1 rings (SSSR count). The fraction of sp³-hybridized carbons (Fsp3) is 0.333. The second-order valence-electron chi connectivity index (χ2n) is 4.02. The quantitative estimate of drug-likeness (QED) is 0.511. The zero-order valence-corrected chi connectivity index (χ0v) is 11.3. The Bertz CT molecular complexity index is 490. The topological polar surface area (TPSA) is 135 Å². The monoisotopic (exact) mass is 296 g/mol. The molecule has 0 saturated heterocycles. The molecule has 0 fully saturated rings. The number of benzene rings is 1. The molecule has 9 heteroatoms. The SMILES string of the molecule is Cc1ccc(CC(O)(P(=O)(O)O)P(=O)(O)O)cc1. The highest BCUT2D eigenvalue weighted by Gasteiger charge is 2.59. The zero-order chi connectivity index (χ0) is 14.2. The zero-order valence-electron chi connectivity index (χ0n) is 9.46. The van der Waals surface area contributed by atoms with Gasteiger partial charge in [-0.1, -0.05) is 29.8 Å². The van der Waals surface area contributed by atoms with Gasteiger partial charge in [0.1, 0.15) is 0 Å². The maximum Gasteiger partial charge on any atom is 0.369 e. The van der Waals surface area contributed by atoms with Crippen LogP contribution in [0.4, 0.5) is 0 Å². The molecular formula is C9H14O7P2. The first-order chi connectivity index (χ1) is 7.97. The molecule has 0 aliphatic carbocycles. The van der Waals surface area contributed by atoms with Crippen molar-refractivity contribution in [1.29, 1.82) is 0 Å². The minimum Gasteiger partial charge on any atom is -0.367 e. The molecule has 0 aliphatic rings. The standard InChI is InChI=1S/C9H14O7P2/c1-7-2-4-8(5-3-7)6-9(10,17(11,12)13)18(14,15)16/h2-5,10H,6H2,1H3,(H2,11,12,13)(H2,14,15,16). The van der Waals surface area contributed by atoms with Crippen LogP contribution in [0.25, 0.3) is 0 Å². The van der Waals surface area contributed by atoms with Crippen LogP contribution in [-0.2, 0) is 15.6 Å². The van der Waals surface area contributed by atoms with Crippen LogP contribution in [-0.4, -0.2) is 29.8 Å². The summed E-state index contributed by atoms with van der Waals surface area (Å²) in [7, 11) is -10.8. The van der Waals surface area contributed by atoms with Crippen molar-refractivity contribution in [3.63, 3.8) is 0 Å². The Balaban J connectivity index is 3.20. The Morgan fingerprint density at radius 1 is 1.00 bits per heavy atom. The van der Waals surface area contributed by atoms with Crippen LogP contribution in [0.15, 0.2) is 24.3 Å². The van der Waals surface area contributed by atoms with Gasteiger partial charge in [0.15, 0.2) is 0 Å². The van der Waals surface area contributed by atoms with Crippen molar-refractivity contribution in [2.45, 2.75) is 18.4 Å². The summed E-state index contributed by atoms with van der Waals surface area (Å²) < 4.78 is 22.2. The first-order valence-corrected chi connectivity index (χ1v) is 8.09. The van der Waals surface area contributed by atoms with Crippen LogP contribution < -0.4 is 0 Å². The van der Waals surface area contributed by atoms with E-state index in [0.29, 0.717) is 0 Å². The van der Waals surface area contributed by atoms with Crippen LogP contribution in [0.3, 0.4) is 0 Å². The molecule has 18 heavy (non-hydrogen) atoms. The summed E-state index contributed by atoms with van der Waals surface area (Å²) >= 11 is 0. The van der Waals surface area contributed by atoms with E-state index in [1.165, 1.54) is 12.1 Å². The maximum absolute atomic E-state index is 11.1. The van der Waals surface area contributed by atoms with E-state index < -0.39 is 26.7 Å². The highest BCUT2D eigenvalue weighted by atomic mass is 31.2. The summed E-state index contributed by atoms with van der Waals surface area (Å²) in [5, 5.41) is 6.29. The van der Waals surface area contributed by atoms with Crippen LogP contribution in [0.5, 0.6) is 0 Å². The van der Waals surface area contributed by atoms with Crippen molar-refractivity contribution in [3.05, 3.63) is 35.4 Å². The summed E-state index contributed by atoms with van der Waals surface area (Å²) in [6, 6.07) is 6.08. The summed E-state index contributed by atoms with van der Waals surface area (Å²) in [6.45, 7) is 1.78. The number of aliphatic hydroxyl groups is 1. The Labute approximate surface area is 103 Å². The molecule has 0 saturated carbocycles. The molecule has 7 nitrogen and oxygen atoms in total. The van der Waals surface area contributed by atoms with Crippen LogP contribution >= 0.6 is 15.2 Å². The molecule has 0 aromatic heterocycles. The largest absolute Gasteiger partial charge is 0.369 e. The minimum absolute atomic E-state index is 0.217. The second kappa shape index (κ2) is 4.87. The van der Waals surface area contributed by atoms with Gasteiger partial charge in [0, 0.05) is 6.42 Å². The first-order valence-electron chi connectivity index (χ1n) is 4.86. The van der Waals surface area contributed by atoms with Crippen molar-refractivity contribution in [1.82, 2.24) is 0 Å². The van der Waals surface area contributed by atoms with E-state index in [-0.39, 0.29) is 5.56 Å². The van der Waals surface area contributed by atoms with Crippen molar-refractivity contribution < 1.29 is 33.8 Å². The molecule has 0 heterocycles. The third kappa shape index (κ3) is 3.08. The Morgan fingerprint density at radius 3 is 1.72 bits per heavy atom. The lowest BCUT2D eigenvalue weighted by molar-refractivity contribution is 0.131. The predicted molar refractivity (Wildman–Crippen MR) is 63.9 cm³/mol. The van der Waals surface area contributed by atoms with Gasteiger partial charge >= 0.3 is 15.2 Å². The fourth-order valence-electron chi connectivity index (χ4n) is 1.36. The fourth-order valence-corrected chi connectivity index (χ4v) is 3.49. The van der Waals surface area contributed by atoms with Gasteiger partial charge in [-0.3, -0.25) is 9.13 Å². The smallest absolute Gasteiger partial charge is 0.367 e. The van der Waals surface area contributed by atoms with Crippen LogP contribution in [0.2, 0.25) is 0 Å².